The number of carbonyl (C=O) groups excluding carboxylic acids is 1. The first-order chi connectivity index (χ1) is 12.9. The zero-order valence-corrected chi connectivity index (χ0v) is 17.8. The Morgan fingerprint density at radius 1 is 1.21 bits per heavy atom. The molecule has 0 radical (unpaired) electrons. The van der Waals surface area contributed by atoms with Gasteiger partial charge in [0.1, 0.15) is 0 Å². The number of hydrogen-bond donors (Lipinski definition) is 1. The van der Waals surface area contributed by atoms with Crippen molar-refractivity contribution in [3.8, 4) is 0 Å². The van der Waals surface area contributed by atoms with Gasteiger partial charge in [0.15, 0.2) is 21.4 Å². The summed E-state index contributed by atoms with van der Waals surface area (Å²) in [7, 11) is -7.58. The van der Waals surface area contributed by atoms with Crippen molar-refractivity contribution in [2.45, 2.75) is 36.6 Å². The van der Waals surface area contributed by atoms with Crippen LogP contribution in [0.3, 0.4) is 0 Å². The van der Waals surface area contributed by atoms with Crippen LogP contribution in [0.2, 0.25) is 5.02 Å². The lowest BCUT2D eigenvalue weighted by Gasteiger charge is -2.20. The number of aromatic nitrogens is 1. The van der Waals surface area contributed by atoms with E-state index in [2.05, 4.69) is 9.88 Å². The van der Waals surface area contributed by atoms with Gasteiger partial charge in [0.25, 0.3) is 0 Å². The van der Waals surface area contributed by atoms with E-state index in [1.54, 1.807) is 0 Å². The van der Waals surface area contributed by atoms with Gasteiger partial charge in [0, 0.05) is 34.4 Å². The van der Waals surface area contributed by atoms with Crippen molar-refractivity contribution in [2.24, 2.45) is 0 Å². The van der Waals surface area contributed by atoms with E-state index in [-0.39, 0.29) is 32.5 Å². The molecule has 0 amide bonds. The molecule has 152 valence electrons. The molecule has 1 heterocycles. The molecular formula is C17H19ClN2O6S2. The number of halogens is 1. The van der Waals surface area contributed by atoms with E-state index in [1.165, 1.54) is 25.3 Å². The maximum atomic E-state index is 13.2. The molecule has 0 bridgehead atoms. The van der Waals surface area contributed by atoms with Crippen LogP contribution in [0.5, 0.6) is 0 Å². The molecule has 1 N–H and O–H groups in total. The monoisotopic (exact) mass is 446 g/mol. The molecule has 1 aliphatic carbocycles. The average Bonchev–Trinajstić information content (AvgIpc) is 3.28. The number of sulfonamides is 1. The van der Waals surface area contributed by atoms with Crippen molar-refractivity contribution < 1.29 is 26.2 Å². The fourth-order valence-corrected chi connectivity index (χ4v) is 5.53. The molecule has 11 heteroatoms. The van der Waals surface area contributed by atoms with E-state index in [4.69, 9.17) is 16.1 Å². The summed E-state index contributed by atoms with van der Waals surface area (Å²) in [5.41, 5.74) is 0.114. The molecule has 1 unspecified atom stereocenters. The third kappa shape index (κ3) is 4.29. The Labute approximate surface area is 168 Å². The molecule has 8 nitrogen and oxygen atoms in total. The highest BCUT2D eigenvalue weighted by atomic mass is 35.5. The quantitative estimate of drug-likeness (QED) is 0.647. The van der Waals surface area contributed by atoms with Gasteiger partial charge >= 0.3 is 0 Å². The Hall–Kier alpha value is -1.75. The first kappa shape index (κ1) is 21.0. The van der Waals surface area contributed by atoms with Gasteiger partial charge in [-0.1, -0.05) is 16.8 Å². The number of nitrogens with one attached hydrogen (secondary N) is 1. The lowest BCUT2D eigenvalue weighted by molar-refractivity contribution is 0.103. The molecular weight excluding hydrogens is 428 g/mol. The smallest absolute Gasteiger partial charge is 0.209 e. The van der Waals surface area contributed by atoms with Crippen LogP contribution >= 0.6 is 11.6 Å². The third-order valence-corrected chi connectivity index (χ3v) is 6.67. The number of ketones is 1. The summed E-state index contributed by atoms with van der Waals surface area (Å²) in [4.78, 5) is 12.8. The van der Waals surface area contributed by atoms with Crippen LogP contribution in [0.15, 0.2) is 27.7 Å². The van der Waals surface area contributed by atoms with Gasteiger partial charge < -0.3 is 4.52 Å². The predicted octanol–water partition coefficient (Wildman–Crippen LogP) is 2.45. The minimum Gasteiger partial charge on any atom is -0.360 e. The molecule has 1 saturated carbocycles. The van der Waals surface area contributed by atoms with Crippen molar-refractivity contribution in [3.05, 3.63) is 45.8 Å². The summed E-state index contributed by atoms with van der Waals surface area (Å²) in [5, 5.41) is 3.72. The standard InChI is InChI=1S/C17H19ClN2O6S2/c1-9(20-28(3,24)25)14-13(18)7-6-11(17(14)27(2,22)23)15(21)12-8-19-26-16(12)10-4-5-10/h6-10,20H,4-5H2,1-3H3. The number of benzene rings is 1. The molecule has 1 aromatic carbocycles. The van der Waals surface area contributed by atoms with Crippen LogP contribution in [0.4, 0.5) is 0 Å². The van der Waals surface area contributed by atoms with E-state index < -0.39 is 31.7 Å². The molecule has 1 aliphatic rings. The van der Waals surface area contributed by atoms with Crippen LogP contribution in [-0.4, -0.2) is 40.3 Å². The summed E-state index contributed by atoms with van der Waals surface area (Å²) in [5.74, 6) is -0.0305. The summed E-state index contributed by atoms with van der Waals surface area (Å²) >= 11 is 6.21. The first-order valence-electron chi connectivity index (χ1n) is 8.39. The van der Waals surface area contributed by atoms with Crippen LogP contribution < -0.4 is 4.72 Å². The van der Waals surface area contributed by atoms with Crippen molar-refractivity contribution in [1.29, 1.82) is 0 Å². The van der Waals surface area contributed by atoms with Gasteiger partial charge in [0.05, 0.1) is 22.9 Å². The second-order valence-corrected chi connectivity index (χ2v) is 11.1. The molecule has 1 aromatic heterocycles. The lowest BCUT2D eigenvalue weighted by Crippen LogP contribution is -2.27. The topological polar surface area (TPSA) is 123 Å². The minimum atomic E-state index is -3.93. The Kier molecular flexibility index (Phi) is 5.43. The fourth-order valence-electron chi connectivity index (χ4n) is 3.14. The van der Waals surface area contributed by atoms with Gasteiger partial charge in [-0.3, -0.25) is 4.79 Å². The van der Waals surface area contributed by atoms with Gasteiger partial charge in [0.2, 0.25) is 10.0 Å². The van der Waals surface area contributed by atoms with Crippen LogP contribution in [0.25, 0.3) is 0 Å². The van der Waals surface area contributed by atoms with Gasteiger partial charge in [-0.15, -0.1) is 0 Å². The molecule has 0 spiro atoms. The van der Waals surface area contributed by atoms with E-state index in [0.29, 0.717) is 5.76 Å². The maximum absolute atomic E-state index is 13.2. The fraction of sp³-hybridized carbons (Fsp3) is 0.412. The zero-order valence-electron chi connectivity index (χ0n) is 15.4. The van der Waals surface area contributed by atoms with Gasteiger partial charge in [-0.25, -0.2) is 21.6 Å². The Morgan fingerprint density at radius 3 is 2.39 bits per heavy atom. The highest BCUT2D eigenvalue weighted by Gasteiger charge is 2.35. The van der Waals surface area contributed by atoms with Crippen LogP contribution in [-0.2, 0) is 19.9 Å². The first-order valence-corrected chi connectivity index (χ1v) is 12.5. The molecule has 2 aromatic rings. The number of hydrogen-bond acceptors (Lipinski definition) is 7. The Balaban J connectivity index is 2.20. The Morgan fingerprint density at radius 2 is 1.86 bits per heavy atom. The van der Waals surface area contributed by atoms with Crippen LogP contribution in [0.1, 0.15) is 59.0 Å². The summed E-state index contributed by atoms with van der Waals surface area (Å²) in [6.45, 7) is 1.46. The largest absolute Gasteiger partial charge is 0.360 e. The van der Waals surface area contributed by atoms with E-state index in [1.807, 2.05) is 0 Å². The number of carbonyl (C=O) groups is 1. The lowest BCUT2D eigenvalue weighted by atomic mass is 9.98. The molecule has 0 saturated heterocycles. The highest BCUT2D eigenvalue weighted by Crippen LogP contribution is 2.42. The van der Waals surface area contributed by atoms with E-state index >= 15 is 0 Å². The molecule has 3 rings (SSSR count). The number of sulfone groups is 1. The van der Waals surface area contributed by atoms with E-state index in [9.17, 15) is 21.6 Å². The summed E-state index contributed by atoms with van der Waals surface area (Å²) < 4.78 is 55.9. The SMILES string of the molecule is CC(NS(C)(=O)=O)c1c(Cl)ccc(C(=O)c2cnoc2C2CC2)c1S(C)(=O)=O. The summed E-state index contributed by atoms with van der Waals surface area (Å²) in [6.07, 6.45) is 4.91. The minimum absolute atomic E-state index is 0.0184. The molecule has 1 atom stereocenters. The zero-order chi connectivity index (χ0) is 20.9. The number of nitrogens with zero attached hydrogens (tertiary/aromatic N) is 1. The Bertz CT molecular complexity index is 1150. The third-order valence-electron chi connectivity index (χ3n) is 4.37. The van der Waals surface area contributed by atoms with Gasteiger partial charge in [-0.05, 0) is 31.9 Å². The van der Waals surface area contributed by atoms with Crippen molar-refractivity contribution >= 4 is 37.2 Å². The molecule has 0 aliphatic heterocycles. The normalized spacial score (nSPS) is 16.1. The van der Waals surface area contributed by atoms with Crippen molar-refractivity contribution in [3.63, 3.8) is 0 Å². The van der Waals surface area contributed by atoms with Crippen molar-refractivity contribution in [2.75, 3.05) is 12.5 Å². The highest BCUT2D eigenvalue weighted by molar-refractivity contribution is 7.91. The van der Waals surface area contributed by atoms with Gasteiger partial charge in [-0.2, -0.15) is 0 Å². The second kappa shape index (κ2) is 7.25. The summed E-state index contributed by atoms with van der Waals surface area (Å²) in [6, 6.07) is 1.73. The average molecular weight is 447 g/mol. The maximum Gasteiger partial charge on any atom is 0.209 e. The van der Waals surface area contributed by atoms with Crippen molar-refractivity contribution in [1.82, 2.24) is 9.88 Å². The van der Waals surface area contributed by atoms with Crippen LogP contribution in [0, 0.1) is 0 Å². The molecule has 28 heavy (non-hydrogen) atoms. The molecule has 1 fully saturated rings. The number of rotatable bonds is 7. The second-order valence-electron chi connectivity index (χ2n) is 6.93. The van der Waals surface area contributed by atoms with E-state index in [0.717, 1.165) is 25.4 Å². The predicted molar refractivity (Wildman–Crippen MR) is 103 cm³/mol.